The number of ether oxygens (including phenoxy) is 1. The third-order valence-electron chi connectivity index (χ3n) is 6.26. The fourth-order valence-corrected chi connectivity index (χ4v) is 5.90. The van der Waals surface area contributed by atoms with Gasteiger partial charge in [0.25, 0.3) is 5.91 Å². The lowest BCUT2D eigenvalue weighted by atomic mass is 9.83. The second kappa shape index (κ2) is 8.85. The van der Waals surface area contributed by atoms with Crippen LogP contribution in [0.3, 0.4) is 0 Å². The molecular formula is C25H34N2O4S. The summed E-state index contributed by atoms with van der Waals surface area (Å²) < 4.78 is 5.61. The number of carboxylic acid groups (broad SMARTS) is 1. The van der Waals surface area contributed by atoms with Gasteiger partial charge in [-0.3, -0.25) is 4.79 Å². The van der Waals surface area contributed by atoms with Crippen LogP contribution < -0.4 is 4.74 Å². The van der Waals surface area contributed by atoms with E-state index < -0.39 is 11.5 Å². The van der Waals surface area contributed by atoms with Crippen LogP contribution in [0, 0.1) is 11.8 Å². The minimum atomic E-state index is -1.28. The van der Waals surface area contributed by atoms with Crippen molar-refractivity contribution in [3.63, 3.8) is 0 Å². The molecule has 7 heteroatoms. The highest BCUT2D eigenvalue weighted by Crippen LogP contribution is 2.50. The molecule has 0 radical (unpaired) electrons. The molecule has 0 spiro atoms. The van der Waals surface area contributed by atoms with Crippen molar-refractivity contribution >= 4 is 23.2 Å². The molecule has 0 unspecified atom stereocenters. The Hall–Kier alpha value is -2.41. The van der Waals surface area contributed by atoms with Crippen LogP contribution in [0.25, 0.3) is 0 Å². The van der Waals surface area contributed by atoms with E-state index in [1.54, 1.807) is 30.3 Å². The first-order valence-electron chi connectivity index (χ1n) is 11.1. The zero-order valence-electron chi connectivity index (χ0n) is 20.0. The third kappa shape index (κ3) is 4.27. The number of carbonyl (C=O) groups excluding carboxylic acids is 1. The molecule has 1 amide bonds. The average Bonchev–Trinajstić information content (AvgIpc) is 3.32. The SMILES string of the molecule is COc1cc(C(=O)N2[C@@H](c3nccs3)[C@H](C)C[C@@]2(CC(C)C)C(=O)O)ccc1C(C)(C)C. The van der Waals surface area contributed by atoms with Gasteiger partial charge >= 0.3 is 5.97 Å². The number of hydrogen-bond acceptors (Lipinski definition) is 5. The molecule has 32 heavy (non-hydrogen) atoms. The fourth-order valence-electron chi connectivity index (χ4n) is 5.04. The highest BCUT2D eigenvalue weighted by Gasteiger charge is 2.58. The van der Waals surface area contributed by atoms with Gasteiger partial charge < -0.3 is 14.7 Å². The van der Waals surface area contributed by atoms with Crippen LogP contribution in [0.5, 0.6) is 5.75 Å². The van der Waals surface area contributed by atoms with E-state index in [2.05, 4.69) is 25.8 Å². The van der Waals surface area contributed by atoms with Crippen molar-refractivity contribution in [2.75, 3.05) is 7.11 Å². The number of benzene rings is 1. The summed E-state index contributed by atoms with van der Waals surface area (Å²) >= 11 is 1.46. The van der Waals surface area contributed by atoms with Crippen molar-refractivity contribution in [1.29, 1.82) is 0 Å². The van der Waals surface area contributed by atoms with E-state index >= 15 is 0 Å². The van der Waals surface area contributed by atoms with Crippen LogP contribution >= 0.6 is 11.3 Å². The van der Waals surface area contributed by atoms with Gasteiger partial charge in [-0.15, -0.1) is 11.3 Å². The Morgan fingerprint density at radius 3 is 2.53 bits per heavy atom. The topological polar surface area (TPSA) is 79.7 Å². The number of hydrogen-bond donors (Lipinski definition) is 1. The number of methoxy groups -OCH3 is 1. The summed E-state index contributed by atoms with van der Waals surface area (Å²) in [6.07, 6.45) is 2.49. The van der Waals surface area contributed by atoms with Gasteiger partial charge in [0.15, 0.2) is 0 Å². The molecule has 0 aliphatic carbocycles. The molecule has 0 saturated carbocycles. The van der Waals surface area contributed by atoms with Crippen LogP contribution in [0.15, 0.2) is 29.8 Å². The number of carboxylic acids is 1. The van der Waals surface area contributed by atoms with E-state index in [1.807, 2.05) is 32.2 Å². The van der Waals surface area contributed by atoms with Gasteiger partial charge in [-0.05, 0) is 47.8 Å². The molecule has 1 aromatic heterocycles. The number of aromatic nitrogens is 1. The van der Waals surface area contributed by atoms with Crippen LogP contribution in [0.4, 0.5) is 0 Å². The maximum absolute atomic E-state index is 14.0. The Morgan fingerprint density at radius 2 is 2.03 bits per heavy atom. The van der Waals surface area contributed by atoms with Crippen molar-refractivity contribution in [1.82, 2.24) is 9.88 Å². The first-order chi connectivity index (χ1) is 14.9. The van der Waals surface area contributed by atoms with Gasteiger partial charge in [0.1, 0.15) is 16.3 Å². The zero-order chi connectivity index (χ0) is 23.8. The van der Waals surface area contributed by atoms with Crippen molar-refractivity contribution in [3.8, 4) is 5.75 Å². The standard InChI is InChI=1S/C25H34N2O4S/c1-15(2)13-25(23(29)30)14-16(3)20(21-26-10-11-32-21)27(25)22(28)17-8-9-18(24(4,5)6)19(12-17)31-7/h8-12,15-16,20H,13-14H2,1-7H3,(H,29,30)/t16-,20-,25+/m1/s1. The van der Waals surface area contributed by atoms with Crippen LogP contribution in [0.1, 0.15) is 81.4 Å². The number of nitrogens with zero attached hydrogens (tertiary/aromatic N) is 2. The Bertz CT molecular complexity index is 980. The number of thiazole rings is 1. The Labute approximate surface area is 194 Å². The van der Waals surface area contributed by atoms with Crippen LogP contribution in [-0.4, -0.2) is 39.5 Å². The number of rotatable bonds is 6. The third-order valence-corrected chi connectivity index (χ3v) is 7.11. The first-order valence-corrected chi connectivity index (χ1v) is 11.9. The quantitative estimate of drug-likeness (QED) is 0.615. The molecule has 6 nitrogen and oxygen atoms in total. The van der Waals surface area contributed by atoms with Gasteiger partial charge in [-0.1, -0.05) is 47.6 Å². The fraction of sp³-hybridized carbons (Fsp3) is 0.560. The molecular weight excluding hydrogens is 424 g/mol. The molecule has 174 valence electrons. The Kier molecular flexibility index (Phi) is 6.70. The van der Waals surface area contributed by atoms with Crippen molar-refractivity contribution in [2.24, 2.45) is 11.8 Å². The predicted octanol–water partition coefficient (Wildman–Crippen LogP) is 5.54. The van der Waals surface area contributed by atoms with Gasteiger partial charge in [0.05, 0.1) is 13.2 Å². The summed E-state index contributed by atoms with van der Waals surface area (Å²) in [5.74, 6) is -0.539. The second-order valence-corrected chi connectivity index (χ2v) is 11.2. The van der Waals surface area contributed by atoms with E-state index in [4.69, 9.17) is 4.74 Å². The lowest BCUT2D eigenvalue weighted by Crippen LogP contribution is -2.54. The van der Waals surface area contributed by atoms with Crippen LogP contribution in [-0.2, 0) is 10.2 Å². The molecule has 2 heterocycles. The first kappa shape index (κ1) is 24.2. The maximum atomic E-state index is 14.0. The largest absolute Gasteiger partial charge is 0.496 e. The molecule has 1 fully saturated rings. The molecule has 2 aromatic rings. The molecule has 1 N–H and O–H groups in total. The highest BCUT2D eigenvalue weighted by atomic mass is 32.1. The summed E-state index contributed by atoms with van der Waals surface area (Å²) in [5.41, 5.74) is -0.00728. The van der Waals surface area contributed by atoms with E-state index in [-0.39, 0.29) is 29.2 Å². The summed E-state index contributed by atoms with van der Waals surface area (Å²) in [6.45, 7) is 12.3. The Balaban J connectivity index is 2.16. The molecule has 1 aliphatic rings. The molecule has 1 aliphatic heterocycles. The van der Waals surface area contributed by atoms with Gasteiger partial charge in [-0.2, -0.15) is 0 Å². The van der Waals surface area contributed by atoms with Gasteiger partial charge in [0, 0.05) is 17.1 Å². The number of aliphatic carboxylic acids is 1. The lowest BCUT2D eigenvalue weighted by Gasteiger charge is -2.39. The molecule has 0 bridgehead atoms. The van der Waals surface area contributed by atoms with Gasteiger partial charge in [-0.25, -0.2) is 9.78 Å². The lowest BCUT2D eigenvalue weighted by molar-refractivity contribution is -0.150. The molecule has 3 atom stereocenters. The average molecular weight is 459 g/mol. The van der Waals surface area contributed by atoms with E-state index in [1.165, 1.54) is 11.3 Å². The molecule has 1 aromatic carbocycles. The normalized spacial score (nSPS) is 23.6. The highest BCUT2D eigenvalue weighted by molar-refractivity contribution is 7.09. The molecule has 1 saturated heterocycles. The minimum absolute atomic E-state index is 0.0318. The summed E-state index contributed by atoms with van der Waals surface area (Å²) in [7, 11) is 1.59. The Morgan fingerprint density at radius 1 is 1.34 bits per heavy atom. The minimum Gasteiger partial charge on any atom is -0.496 e. The van der Waals surface area contributed by atoms with E-state index in [9.17, 15) is 14.7 Å². The smallest absolute Gasteiger partial charge is 0.329 e. The van der Waals surface area contributed by atoms with Crippen LogP contribution in [0.2, 0.25) is 0 Å². The summed E-state index contributed by atoms with van der Waals surface area (Å²) in [5, 5.41) is 13.1. The van der Waals surface area contributed by atoms with E-state index in [0.717, 1.165) is 10.6 Å². The summed E-state index contributed by atoms with van der Waals surface area (Å²) in [4.78, 5) is 32.8. The monoisotopic (exact) mass is 458 g/mol. The number of carbonyl (C=O) groups is 2. The number of amides is 1. The molecule has 3 rings (SSSR count). The van der Waals surface area contributed by atoms with Crippen molar-refractivity contribution in [2.45, 2.75) is 71.4 Å². The number of likely N-dealkylation sites (tertiary alicyclic amines) is 1. The van der Waals surface area contributed by atoms with E-state index in [0.29, 0.717) is 24.2 Å². The summed E-state index contributed by atoms with van der Waals surface area (Å²) in [6, 6.07) is 5.06. The van der Waals surface area contributed by atoms with Crippen molar-refractivity contribution < 1.29 is 19.4 Å². The van der Waals surface area contributed by atoms with Gasteiger partial charge in [0.2, 0.25) is 0 Å². The second-order valence-electron chi connectivity index (χ2n) is 10.3. The zero-order valence-corrected chi connectivity index (χ0v) is 20.8. The maximum Gasteiger partial charge on any atom is 0.329 e. The predicted molar refractivity (Wildman–Crippen MR) is 126 cm³/mol. The van der Waals surface area contributed by atoms with Crippen molar-refractivity contribution in [3.05, 3.63) is 45.9 Å².